The van der Waals surface area contributed by atoms with Gasteiger partial charge in [0.15, 0.2) is 0 Å². The molecule has 1 N–H and O–H groups in total. The summed E-state index contributed by atoms with van der Waals surface area (Å²) >= 11 is 0. The minimum absolute atomic E-state index is 0.550. The fourth-order valence-electron chi connectivity index (χ4n) is 1.72. The summed E-state index contributed by atoms with van der Waals surface area (Å²) in [5, 5.41) is 3.37. The summed E-state index contributed by atoms with van der Waals surface area (Å²) < 4.78 is 0. The normalized spacial score (nSPS) is 32.8. The van der Waals surface area contributed by atoms with Crippen LogP contribution >= 0.6 is 0 Å². The maximum Gasteiger partial charge on any atom is 0.209 e. The molecule has 2 saturated heterocycles. The van der Waals surface area contributed by atoms with Gasteiger partial charge in [0, 0.05) is 19.1 Å². The van der Waals surface area contributed by atoms with Crippen molar-refractivity contribution < 1.29 is 4.79 Å². The van der Waals surface area contributed by atoms with E-state index in [1.165, 1.54) is 12.5 Å². The average molecular weight is 139 g/mol. The Kier molecular flexibility index (Phi) is 1.38. The average Bonchev–Trinajstić information content (AvgIpc) is 2.30. The van der Waals surface area contributed by atoms with Crippen LogP contribution in [0, 0.1) is 6.04 Å². The molecule has 2 bridgehead atoms. The van der Waals surface area contributed by atoms with E-state index in [4.69, 9.17) is 0 Å². The summed E-state index contributed by atoms with van der Waals surface area (Å²) in [6.07, 6.45) is 3.31. The summed E-state index contributed by atoms with van der Waals surface area (Å²) in [4.78, 5) is 12.2. The highest BCUT2D eigenvalue weighted by molar-refractivity contribution is 5.48. The number of rotatable bonds is 1. The van der Waals surface area contributed by atoms with E-state index in [0.29, 0.717) is 6.04 Å². The monoisotopic (exact) mass is 139 g/mol. The third kappa shape index (κ3) is 0.904. The summed E-state index contributed by atoms with van der Waals surface area (Å²) in [5.41, 5.74) is 0. The van der Waals surface area contributed by atoms with E-state index in [1.807, 2.05) is 4.90 Å². The second-order valence-corrected chi connectivity index (χ2v) is 3.02. The Bertz CT molecular complexity index is 137. The van der Waals surface area contributed by atoms with Crippen LogP contribution in [0.15, 0.2) is 0 Å². The SMILES string of the molecule is O=CN1C[C]2CCC(C1)N2. The number of piperazine rings is 1. The van der Waals surface area contributed by atoms with E-state index < -0.39 is 0 Å². The molecular weight excluding hydrogens is 128 g/mol. The number of amides is 1. The van der Waals surface area contributed by atoms with Gasteiger partial charge in [-0.1, -0.05) is 0 Å². The standard InChI is InChI=1S/C7H11N2O/c10-5-9-3-6-1-2-7(4-9)8-6/h5-6,8H,1-4H2. The van der Waals surface area contributed by atoms with Crippen molar-refractivity contribution in [2.75, 3.05) is 13.1 Å². The molecule has 2 rings (SSSR count). The molecule has 2 aliphatic rings. The van der Waals surface area contributed by atoms with Gasteiger partial charge < -0.3 is 10.2 Å². The Labute approximate surface area is 60.4 Å². The molecule has 0 aromatic carbocycles. The van der Waals surface area contributed by atoms with Gasteiger partial charge in [-0.05, 0) is 12.8 Å². The van der Waals surface area contributed by atoms with Crippen molar-refractivity contribution in [3.63, 3.8) is 0 Å². The molecule has 1 radical (unpaired) electrons. The molecule has 3 nitrogen and oxygen atoms in total. The molecule has 2 fully saturated rings. The first-order chi connectivity index (χ1) is 4.88. The minimum Gasteiger partial charge on any atom is -0.342 e. The Hall–Kier alpha value is -0.570. The molecular formula is C7H11N2O. The van der Waals surface area contributed by atoms with E-state index in [0.717, 1.165) is 25.9 Å². The zero-order valence-electron chi connectivity index (χ0n) is 5.84. The number of nitrogens with zero attached hydrogens (tertiary/aromatic N) is 1. The first-order valence-corrected chi connectivity index (χ1v) is 3.69. The Balaban J connectivity index is 2.02. The van der Waals surface area contributed by atoms with Crippen LogP contribution in [-0.2, 0) is 4.79 Å². The molecule has 2 heterocycles. The molecule has 10 heavy (non-hydrogen) atoms. The van der Waals surface area contributed by atoms with Gasteiger partial charge in [-0.3, -0.25) is 4.79 Å². The largest absolute Gasteiger partial charge is 0.342 e. The van der Waals surface area contributed by atoms with E-state index >= 15 is 0 Å². The molecule has 55 valence electrons. The first-order valence-electron chi connectivity index (χ1n) is 3.69. The fraction of sp³-hybridized carbons (Fsp3) is 0.714. The summed E-state index contributed by atoms with van der Waals surface area (Å²) in [6.45, 7) is 1.73. The van der Waals surface area contributed by atoms with Crippen LogP contribution in [0.4, 0.5) is 0 Å². The number of carbonyl (C=O) groups is 1. The molecule has 0 spiro atoms. The lowest BCUT2D eigenvalue weighted by Crippen LogP contribution is -2.46. The second-order valence-electron chi connectivity index (χ2n) is 3.02. The van der Waals surface area contributed by atoms with E-state index in [1.54, 1.807) is 0 Å². The van der Waals surface area contributed by atoms with Crippen LogP contribution in [0.25, 0.3) is 0 Å². The van der Waals surface area contributed by atoms with Crippen LogP contribution in [0.5, 0.6) is 0 Å². The molecule has 0 aromatic heterocycles. The zero-order valence-corrected chi connectivity index (χ0v) is 5.84. The van der Waals surface area contributed by atoms with Gasteiger partial charge >= 0.3 is 0 Å². The van der Waals surface area contributed by atoms with E-state index in [2.05, 4.69) is 5.32 Å². The highest BCUT2D eigenvalue weighted by atomic mass is 16.1. The third-order valence-electron chi connectivity index (χ3n) is 2.20. The number of fused-ring (bicyclic) bond motifs is 2. The van der Waals surface area contributed by atoms with Crippen molar-refractivity contribution in [2.24, 2.45) is 0 Å². The molecule has 0 saturated carbocycles. The maximum atomic E-state index is 10.4. The Morgan fingerprint density at radius 1 is 1.70 bits per heavy atom. The van der Waals surface area contributed by atoms with Crippen LogP contribution in [0.2, 0.25) is 0 Å². The van der Waals surface area contributed by atoms with Crippen molar-refractivity contribution in [3.05, 3.63) is 6.04 Å². The van der Waals surface area contributed by atoms with Crippen molar-refractivity contribution >= 4 is 6.41 Å². The van der Waals surface area contributed by atoms with Crippen LogP contribution < -0.4 is 5.32 Å². The molecule has 1 atom stereocenters. The summed E-state index contributed by atoms with van der Waals surface area (Å²) in [6, 6.07) is 1.89. The van der Waals surface area contributed by atoms with Crippen molar-refractivity contribution in [2.45, 2.75) is 18.9 Å². The van der Waals surface area contributed by atoms with Gasteiger partial charge in [-0.25, -0.2) is 0 Å². The molecule has 3 heteroatoms. The Morgan fingerprint density at radius 2 is 2.60 bits per heavy atom. The number of hydrogen-bond donors (Lipinski definition) is 1. The van der Waals surface area contributed by atoms with Crippen molar-refractivity contribution in [3.8, 4) is 0 Å². The first kappa shape index (κ1) is 6.16. The topological polar surface area (TPSA) is 32.3 Å². The zero-order chi connectivity index (χ0) is 6.97. The smallest absolute Gasteiger partial charge is 0.209 e. The number of carbonyl (C=O) groups excluding carboxylic acids is 1. The van der Waals surface area contributed by atoms with Crippen LogP contribution in [0.1, 0.15) is 12.8 Å². The van der Waals surface area contributed by atoms with Gasteiger partial charge in [-0.15, -0.1) is 0 Å². The quantitative estimate of drug-likeness (QED) is 0.508. The van der Waals surface area contributed by atoms with Gasteiger partial charge in [0.05, 0.1) is 6.04 Å². The predicted octanol–water partition coefficient (Wildman–Crippen LogP) is -0.258. The van der Waals surface area contributed by atoms with Gasteiger partial charge in [0.25, 0.3) is 0 Å². The van der Waals surface area contributed by atoms with Gasteiger partial charge in [0.2, 0.25) is 6.41 Å². The highest BCUT2D eigenvalue weighted by Gasteiger charge is 2.31. The van der Waals surface area contributed by atoms with Crippen molar-refractivity contribution in [1.82, 2.24) is 10.2 Å². The van der Waals surface area contributed by atoms with Gasteiger partial charge in [0.1, 0.15) is 0 Å². The third-order valence-corrected chi connectivity index (χ3v) is 2.20. The molecule has 0 aromatic rings. The van der Waals surface area contributed by atoms with Crippen LogP contribution in [-0.4, -0.2) is 30.4 Å². The molecule has 0 aliphatic carbocycles. The van der Waals surface area contributed by atoms with Crippen LogP contribution in [0.3, 0.4) is 0 Å². The lowest BCUT2D eigenvalue weighted by molar-refractivity contribution is -0.118. The fourth-order valence-corrected chi connectivity index (χ4v) is 1.72. The summed E-state index contributed by atoms with van der Waals surface area (Å²) in [5.74, 6) is 0. The lowest BCUT2D eigenvalue weighted by Gasteiger charge is -2.28. The highest BCUT2D eigenvalue weighted by Crippen LogP contribution is 2.23. The summed E-state index contributed by atoms with van der Waals surface area (Å²) in [7, 11) is 0. The number of likely N-dealkylation sites (tertiary alicyclic amines) is 1. The molecule has 1 amide bonds. The van der Waals surface area contributed by atoms with Gasteiger partial charge in [-0.2, -0.15) is 0 Å². The molecule has 1 unspecified atom stereocenters. The second kappa shape index (κ2) is 2.23. The molecule has 2 aliphatic heterocycles. The van der Waals surface area contributed by atoms with E-state index in [9.17, 15) is 4.79 Å². The number of hydrogen-bond acceptors (Lipinski definition) is 2. The maximum absolute atomic E-state index is 10.4. The lowest BCUT2D eigenvalue weighted by atomic mass is 10.2. The number of nitrogens with one attached hydrogen (secondary N) is 1. The predicted molar refractivity (Wildman–Crippen MR) is 37.0 cm³/mol. The minimum atomic E-state index is 0.550. The van der Waals surface area contributed by atoms with Crippen molar-refractivity contribution in [1.29, 1.82) is 0 Å². The Morgan fingerprint density at radius 3 is 3.30 bits per heavy atom. The van der Waals surface area contributed by atoms with E-state index in [-0.39, 0.29) is 0 Å².